The van der Waals surface area contributed by atoms with Gasteiger partial charge in [0.05, 0.1) is 11.3 Å². The molecule has 1 saturated heterocycles. The van der Waals surface area contributed by atoms with Crippen molar-refractivity contribution < 1.29 is 4.79 Å². The Hall–Kier alpha value is -2.95. The Morgan fingerprint density at radius 2 is 1.81 bits per heavy atom. The summed E-state index contributed by atoms with van der Waals surface area (Å²) in [4.78, 5) is 24.1. The highest BCUT2D eigenvalue weighted by molar-refractivity contribution is 6.07. The fourth-order valence-corrected chi connectivity index (χ4v) is 3.40. The van der Waals surface area contributed by atoms with Crippen LogP contribution in [0.15, 0.2) is 48.7 Å². The first-order valence-corrected chi connectivity index (χ1v) is 9.10. The summed E-state index contributed by atoms with van der Waals surface area (Å²) in [6.07, 6.45) is 4.99. The first kappa shape index (κ1) is 16.5. The number of benzene rings is 1. The van der Waals surface area contributed by atoms with Gasteiger partial charge in [-0.2, -0.15) is 0 Å². The van der Waals surface area contributed by atoms with Gasteiger partial charge in [-0.25, -0.2) is 9.97 Å². The van der Waals surface area contributed by atoms with Gasteiger partial charge < -0.3 is 10.2 Å². The van der Waals surface area contributed by atoms with Crippen LogP contribution in [0.3, 0.4) is 0 Å². The third-order valence-electron chi connectivity index (χ3n) is 4.79. The van der Waals surface area contributed by atoms with Gasteiger partial charge in [0.2, 0.25) is 0 Å². The molecule has 5 nitrogen and oxygen atoms in total. The molecular formula is C21H22N4O. The monoisotopic (exact) mass is 346 g/mol. The van der Waals surface area contributed by atoms with E-state index in [9.17, 15) is 4.79 Å². The lowest BCUT2D eigenvalue weighted by atomic mass is 10.1. The molecule has 2 aromatic heterocycles. The Balaban J connectivity index is 1.81. The molecule has 0 radical (unpaired) electrons. The van der Waals surface area contributed by atoms with Crippen molar-refractivity contribution in [3.63, 3.8) is 0 Å². The second kappa shape index (κ2) is 7.12. The molecule has 26 heavy (non-hydrogen) atoms. The van der Waals surface area contributed by atoms with Gasteiger partial charge in [-0.3, -0.25) is 4.79 Å². The Labute approximate surface area is 153 Å². The standard InChI is InChI=1S/C21H22N4O/c1-15-10-11-17-19(24-16-8-4-2-5-9-16)18(14-22-20(17)23-15)21(26)25-12-6-3-7-13-25/h2,4-5,8-11,14H,3,6-7,12-13H2,1H3,(H,22,23,24). The van der Waals surface area contributed by atoms with E-state index in [1.165, 1.54) is 6.42 Å². The van der Waals surface area contributed by atoms with Crippen molar-refractivity contribution in [2.75, 3.05) is 18.4 Å². The average Bonchev–Trinajstić information content (AvgIpc) is 2.69. The van der Waals surface area contributed by atoms with E-state index in [-0.39, 0.29) is 5.91 Å². The number of aromatic nitrogens is 2. The molecule has 1 fully saturated rings. The van der Waals surface area contributed by atoms with E-state index in [1.54, 1.807) is 6.20 Å². The smallest absolute Gasteiger partial charge is 0.257 e. The van der Waals surface area contributed by atoms with Crippen molar-refractivity contribution in [1.29, 1.82) is 0 Å². The zero-order valence-corrected chi connectivity index (χ0v) is 14.9. The third kappa shape index (κ3) is 3.25. The number of para-hydroxylation sites is 1. The predicted octanol–water partition coefficient (Wildman–Crippen LogP) is 4.31. The molecule has 0 saturated carbocycles. The van der Waals surface area contributed by atoms with Crippen LogP contribution in [0, 0.1) is 6.92 Å². The van der Waals surface area contributed by atoms with E-state index >= 15 is 0 Å². The molecule has 1 aromatic carbocycles. The van der Waals surface area contributed by atoms with Crippen LogP contribution in [0.5, 0.6) is 0 Å². The number of nitrogens with one attached hydrogen (secondary N) is 1. The van der Waals surface area contributed by atoms with Crippen LogP contribution in [0.4, 0.5) is 11.4 Å². The van der Waals surface area contributed by atoms with Crippen LogP contribution in [0.25, 0.3) is 11.0 Å². The molecule has 3 aromatic rings. The average molecular weight is 346 g/mol. The minimum Gasteiger partial charge on any atom is -0.354 e. The van der Waals surface area contributed by atoms with Crippen molar-refractivity contribution in [2.45, 2.75) is 26.2 Å². The summed E-state index contributed by atoms with van der Waals surface area (Å²) in [5.74, 6) is 0.0399. The second-order valence-corrected chi connectivity index (χ2v) is 6.71. The van der Waals surface area contributed by atoms with Gasteiger partial charge in [-0.1, -0.05) is 18.2 Å². The number of likely N-dealkylation sites (tertiary alicyclic amines) is 1. The number of pyridine rings is 2. The molecule has 132 valence electrons. The molecule has 5 heteroatoms. The van der Waals surface area contributed by atoms with Crippen molar-refractivity contribution >= 4 is 28.3 Å². The number of nitrogens with zero attached hydrogens (tertiary/aromatic N) is 3. The number of carbonyl (C=O) groups excluding carboxylic acids is 1. The van der Waals surface area contributed by atoms with Crippen LogP contribution in [-0.2, 0) is 0 Å². The van der Waals surface area contributed by atoms with E-state index in [1.807, 2.05) is 54.3 Å². The van der Waals surface area contributed by atoms with E-state index in [2.05, 4.69) is 15.3 Å². The topological polar surface area (TPSA) is 58.1 Å². The molecule has 0 spiro atoms. The summed E-state index contributed by atoms with van der Waals surface area (Å²) >= 11 is 0. The maximum Gasteiger partial charge on any atom is 0.257 e. The molecule has 0 unspecified atom stereocenters. The Morgan fingerprint density at radius 1 is 1.04 bits per heavy atom. The number of rotatable bonds is 3. The lowest BCUT2D eigenvalue weighted by Gasteiger charge is -2.27. The van der Waals surface area contributed by atoms with E-state index in [4.69, 9.17) is 0 Å². The highest BCUT2D eigenvalue weighted by Gasteiger charge is 2.23. The third-order valence-corrected chi connectivity index (χ3v) is 4.79. The Bertz CT molecular complexity index is 933. The molecule has 4 rings (SSSR count). The fraction of sp³-hybridized carbons (Fsp3) is 0.286. The number of anilines is 2. The van der Waals surface area contributed by atoms with Crippen LogP contribution in [0.2, 0.25) is 0 Å². The summed E-state index contributed by atoms with van der Waals surface area (Å²) in [5.41, 5.74) is 3.89. The minimum absolute atomic E-state index is 0.0399. The van der Waals surface area contributed by atoms with Crippen molar-refractivity contribution in [1.82, 2.24) is 14.9 Å². The zero-order valence-electron chi connectivity index (χ0n) is 14.9. The fourth-order valence-electron chi connectivity index (χ4n) is 3.40. The molecule has 3 heterocycles. The molecular weight excluding hydrogens is 324 g/mol. The van der Waals surface area contributed by atoms with Gasteiger partial charge in [0.25, 0.3) is 5.91 Å². The highest BCUT2D eigenvalue weighted by atomic mass is 16.2. The van der Waals surface area contributed by atoms with Gasteiger partial charge in [-0.05, 0) is 50.5 Å². The van der Waals surface area contributed by atoms with Crippen molar-refractivity contribution in [3.8, 4) is 0 Å². The maximum atomic E-state index is 13.1. The van der Waals surface area contributed by atoms with Crippen LogP contribution in [-0.4, -0.2) is 33.9 Å². The maximum absolute atomic E-state index is 13.1. The summed E-state index contributed by atoms with van der Waals surface area (Å²) in [6.45, 7) is 3.57. The number of fused-ring (bicyclic) bond motifs is 1. The molecule has 1 N–H and O–H groups in total. The lowest BCUT2D eigenvalue weighted by Crippen LogP contribution is -2.36. The van der Waals surface area contributed by atoms with Gasteiger partial charge >= 0.3 is 0 Å². The molecule has 1 aliphatic heterocycles. The summed E-state index contributed by atoms with van der Waals surface area (Å²) in [6, 6.07) is 13.8. The minimum atomic E-state index is 0.0399. The van der Waals surface area contributed by atoms with Gasteiger partial charge in [0.15, 0.2) is 5.65 Å². The van der Waals surface area contributed by atoms with Crippen LogP contribution in [0.1, 0.15) is 35.3 Å². The SMILES string of the molecule is Cc1ccc2c(Nc3ccccc3)c(C(=O)N3CCCCC3)cnc2n1. The molecule has 0 atom stereocenters. The van der Waals surface area contributed by atoms with Crippen molar-refractivity contribution in [3.05, 3.63) is 59.9 Å². The van der Waals surface area contributed by atoms with E-state index < -0.39 is 0 Å². The predicted molar refractivity (Wildman–Crippen MR) is 104 cm³/mol. The normalized spacial score (nSPS) is 14.4. The number of carbonyl (C=O) groups is 1. The summed E-state index contributed by atoms with van der Waals surface area (Å²) in [7, 11) is 0. The van der Waals surface area contributed by atoms with Crippen molar-refractivity contribution in [2.24, 2.45) is 0 Å². The Kier molecular flexibility index (Phi) is 4.52. The first-order valence-electron chi connectivity index (χ1n) is 9.10. The molecule has 1 aliphatic rings. The van der Waals surface area contributed by atoms with Gasteiger partial charge in [0.1, 0.15) is 0 Å². The number of amides is 1. The highest BCUT2D eigenvalue weighted by Crippen LogP contribution is 2.30. The van der Waals surface area contributed by atoms with Crippen LogP contribution >= 0.6 is 0 Å². The molecule has 0 aliphatic carbocycles. The summed E-state index contributed by atoms with van der Waals surface area (Å²) in [5, 5.41) is 4.29. The summed E-state index contributed by atoms with van der Waals surface area (Å²) < 4.78 is 0. The van der Waals surface area contributed by atoms with Gasteiger partial charge in [-0.15, -0.1) is 0 Å². The largest absolute Gasteiger partial charge is 0.354 e. The van der Waals surface area contributed by atoms with Gasteiger partial charge in [0, 0.05) is 36.1 Å². The lowest BCUT2D eigenvalue weighted by molar-refractivity contribution is 0.0725. The number of hydrogen-bond acceptors (Lipinski definition) is 4. The first-order chi connectivity index (χ1) is 12.7. The molecule has 1 amide bonds. The zero-order chi connectivity index (χ0) is 17.9. The van der Waals surface area contributed by atoms with E-state index in [0.717, 1.165) is 48.4 Å². The Morgan fingerprint density at radius 3 is 2.58 bits per heavy atom. The number of hydrogen-bond donors (Lipinski definition) is 1. The number of aryl methyl sites for hydroxylation is 1. The number of piperidine rings is 1. The molecule has 0 bridgehead atoms. The van der Waals surface area contributed by atoms with E-state index in [0.29, 0.717) is 11.2 Å². The second-order valence-electron chi connectivity index (χ2n) is 6.71. The quantitative estimate of drug-likeness (QED) is 0.768. The van der Waals surface area contributed by atoms with Crippen LogP contribution < -0.4 is 5.32 Å².